The van der Waals surface area contributed by atoms with E-state index >= 15 is 0 Å². The molecule has 0 aromatic heterocycles. The second-order valence-corrected chi connectivity index (χ2v) is 4.42. The van der Waals surface area contributed by atoms with E-state index in [4.69, 9.17) is 0 Å². The lowest BCUT2D eigenvalue weighted by Gasteiger charge is -2.22. The van der Waals surface area contributed by atoms with Gasteiger partial charge in [0.25, 0.3) is 0 Å². The SMILES string of the molecule is CC1CCC2CCC1CNC2. The molecule has 0 amide bonds. The maximum atomic E-state index is 3.58. The minimum absolute atomic E-state index is 0.979. The van der Waals surface area contributed by atoms with Gasteiger partial charge < -0.3 is 5.32 Å². The molecule has 1 aliphatic heterocycles. The largest absolute Gasteiger partial charge is 0.316 e. The van der Waals surface area contributed by atoms with Crippen molar-refractivity contribution < 1.29 is 0 Å². The molecule has 1 N–H and O–H groups in total. The smallest absolute Gasteiger partial charge is 0.00179 e. The second-order valence-electron chi connectivity index (χ2n) is 4.42. The Morgan fingerprint density at radius 2 is 1.82 bits per heavy atom. The van der Waals surface area contributed by atoms with Crippen molar-refractivity contribution in [3.8, 4) is 0 Å². The van der Waals surface area contributed by atoms with E-state index in [0.717, 1.165) is 17.8 Å². The van der Waals surface area contributed by atoms with Gasteiger partial charge in [0.2, 0.25) is 0 Å². The van der Waals surface area contributed by atoms with Crippen LogP contribution in [-0.4, -0.2) is 13.1 Å². The van der Waals surface area contributed by atoms with Crippen LogP contribution in [0.2, 0.25) is 0 Å². The van der Waals surface area contributed by atoms with Crippen molar-refractivity contribution in [1.29, 1.82) is 0 Å². The summed E-state index contributed by atoms with van der Waals surface area (Å²) in [6, 6.07) is 0. The molecule has 1 nitrogen and oxygen atoms in total. The number of fused-ring (bicyclic) bond motifs is 3. The first-order valence-electron chi connectivity index (χ1n) is 5.07. The van der Waals surface area contributed by atoms with Gasteiger partial charge in [-0.2, -0.15) is 0 Å². The van der Waals surface area contributed by atoms with E-state index in [-0.39, 0.29) is 0 Å². The van der Waals surface area contributed by atoms with Crippen LogP contribution in [0.3, 0.4) is 0 Å². The summed E-state index contributed by atoms with van der Waals surface area (Å²) in [4.78, 5) is 0. The van der Waals surface area contributed by atoms with E-state index in [2.05, 4.69) is 12.2 Å². The maximum Gasteiger partial charge on any atom is -0.00179 e. The fourth-order valence-corrected chi connectivity index (χ4v) is 2.59. The zero-order valence-corrected chi connectivity index (χ0v) is 7.47. The van der Waals surface area contributed by atoms with Crippen molar-refractivity contribution in [3.63, 3.8) is 0 Å². The van der Waals surface area contributed by atoms with Crippen molar-refractivity contribution in [3.05, 3.63) is 0 Å². The molecular weight excluding hydrogens is 134 g/mol. The van der Waals surface area contributed by atoms with Crippen LogP contribution in [0.1, 0.15) is 32.6 Å². The van der Waals surface area contributed by atoms with Gasteiger partial charge in [-0.3, -0.25) is 0 Å². The lowest BCUT2D eigenvalue weighted by atomic mass is 9.89. The number of hydrogen-bond acceptors (Lipinski definition) is 1. The molecule has 2 aliphatic rings. The quantitative estimate of drug-likeness (QED) is 0.561. The van der Waals surface area contributed by atoms with E-state index < -0.39 is 0 Å². The van der Waals surface area contributed by atoms with Crippen LogP contribution < -0.4 is 5.32 Å². The Kier molecular flexibility index (Phi) is 2.17. The molecule has 0 spiro atoms. The maximum absolute atomic E-state index is 3.58. The molecule has 0 aromatic carbocycles. The Hall–Kier alpha value is -0.0400. The first-order valence-corrected chi connectivity index (χ1v) is 5.07. The predicted octanol–water partition coefficient (Wildman–Crippen LogP) is 2.03. The Labute approximate surface area is 69.6 Å². The molecule has 2 fully saturated rings. The van der Waals surface area contributed by atoms with Gasteiger partial charge in [0.15, 0.2) is 0 Å². The third-order valence-electron chi connectivity index (χ3n) is 3.62. The molecule has 3 unspecified atom stereocenters. The lowest BCUT2D eigenvalue weighted by molar-refractivity contribution is 0.312. The lowest BCUT2D eigenvalue weighted by Crippen LogP contribution is -2.29. The first kappa shape index (κ1) is 7.60. The van der Waals surface area contributed by atoms with E-state index in [0.29, 0.717) is 0 Å². The van der Waals surface area contributed by atoms with Crippen molar-refractivity contribution in [2.24, 2.45) is 17.8 Å². The molecule has 1 saturated carbocycles. The van der Waals surface area contributed by atoms with Gasteiger partial charge in [0.1, 0.15) is 0 Å². The van der Waals surface area contributed by atoms with Gasteiger partial charge in [-0.15, -0.1) is 0 Å². The fourth-order valence-electron chi connectivity index (χ4n) is 2.59. The van der Waals surface area contributed by atoms with Gasteiger partial charge in [-0.05, 0) is 50.1 Å². The van der Waals surface area contributed by atoms with E-state index in [1.54, 1.807) is 0 Å². The minimum Gasteiger partial charge on any atom is -0.316 e. The Balaban J connectivity index is 2.05. The van der Waals surface area contributed by atoms with Crippen LogP contribution in [0.5, 0.6) is 0 Å². The molecule has 0 aromatic rings. The standard InChI is InChI=1S/C10H19N/c1-8-2-3-9-4-5-10(8)7-11-6-9/h8-11H,2-7H2,1H3. The highest BCUT2D eigenvalue weighted by Crippen LogP contribution is 2.32. The molecule has 2 bridgehead atoms. The van der Waals surface area contributed by atoms with Crippen LogP contribution in [0.25, 0.3) is 0 Å². The molecule has 11 heavy (non-hydrogen) atoms. The zero-order valence-electron chi connectivity index (χ0n) is 7.47. The predicted molar refractivity (Wildman–Crippen MR) is 47.5 cm³/mol. The highest BCUT2D eigenvalue weighted by atomic mass is 14.9. The number of nitrogens with one attached hydrogen (secondary N) is 1. The molecular formula is C10H19N. The van der Waals surface area contributed by atoms with Crippen molar-refractivity contribution in [2.75, 3.05) is 13.1 Å². The van der Waals surface area contributed by atoms with Gasteiger partial charge >= 0.3 is 0 Å². The fraction of sp³-hybridized carbons (Fsp3) is 1.00. The van der Waals surface area contributed by atoms with E-state index in [9.17, 15) is 0 Å². The molecule has 2 rings (SSSR count). The van der Waals surface area contributed by atoms with Gasteiger partial charge in [0.05, 0.1) is 0 Å². The Morgan fingerprint density at radius 1 is 1.00 bits per heavy atom. The van der Waals surface area contributed by atoms with Crippen molar-refractivity contribution in [2.45, 2.75) is 32.6 Å². The summed E-state index contributed by atoms with van der Waals surface area (Å²) in [5.41, 5.74) is 0. The average Bonchev–Trinajstić information content (AvgIpc) is 2.29. The summed E-state index contributed by atoms with van der Waals surface area (Å²) in [7, 11) is 0. The summed E-state index contributed by atoms with van der Waals surface area (Å²) < 4.78 is 0. The second kappa shape index (κ2) is 3.14. The molecule has 64 valence electrons. The topological polar surface area (TPSA) is 12.0 Å². The molecule has 3 atom stereocenters. The van der Waals surface area contributed by atoms with E-state index in [1.807, 2.05) is 0 Å². The van der Waals surface area contributed by atoms with Crippen LogP contribution in [0.15, 0.2) is 0 Å². The number of rotatable bonds is 0. The summed E-state index contributed by atoms with van der Waals surface area (Å²) in [5, 5.41) is 3.58. The van der Waals surface area contributed by atoms with Gasteiger partial charge in [-0.1, -0.05) is 13.3 Å². The Morgan fingerprint density at radius 3 is 2.73 bits per heavy atom. The molecule has 0 radical (unpaired) electrons. The normalized spacial score (nSPS) is 45.0. The summed E-state index contributed by atoms with van der Waals surface area (Å²) in [6.07, 6.45) is 5.93. The third-order valence-corrected chi connectivity index (χ3v) is 3.62. The highest BCUT2D eigenvalue weighted by molar-refractivity contribution is 4.81. The Bertz CT molecular complexity index is 129. The first-order chi connectivity index (χ1) is 5.36. The van der Waals surface area contributed by atoms with Crippen LogP contribution in [0, 0.1) is 17.8 Å². The molecule has 1 aliphatic carbocycles. The summed E-state index contributed by atoms with van der Waals surface area (Å²) in [6.45, 7) is 5.01. The summed E-state index contributed by atoms with van der Waals surface area (Å²) >= 11 is 0. The zero-order chi connectivity index (χ0) is 7.68. The highest BCUT2D eigenvalue weighted by Gasteiger charge is 2.26. The van der Waals surface area contributed by atoms with Crippen LogP contribution in [-0.2, 0) is 0 Å². The van der Waals surface area contributed by atoms with Crippen LogP contribution >= 0.6 is 0 Å². The monoisotopic (exact) mass is 153 g/mol. The number of hydrogen-bond donors (Lipinski definition) is 1. The van der Waals surface area contributed by atoms with Crippen molar-refractivity contribution in [1.82, 2.24) is 5.32 Å². The van der Waals surface area contributed by atoms with Gasteiger partial charge in [0, 0.05) is 0 Å². The van der Waals surface area contributed by atoms with E-state index in [1.165, 1.54) is 38.8 Å². The molecule has 1 heterocycles. The minimum atomic E-state index is 0.979. The van der Waals surface area contributed by atoms with Gasteiger partial charge in [-0.25, -0.2) is 0 Å². The average molecular weight is 153 g/mol. The molecule has 1 saturated heterocycles. The third kappa shape index (κ3) is 1.58. The molecule has 1 heteroatoms. The van der Waals surface area contributed by atoms with Crippen LogP contribution in [0.4, 0.5) is 0 Å². The summed E-state index contributed by atoms with van der Waals surface area (Å²) in [5.74, 6) is 2.97. The van der Waals surface area contributed by atoms with Crippen molar-refractivity contribution >= 4 is 0 Å².